The van der Waals surface area contributed by atoms with E-state index in [1.54, 1.807) is 6.26 Å². The number of amides is 1. The molecule has 0 aliphatic carbocycles. The van der Waals surface area contributed by atoms with E-state index in [4.69, 9.17) is 4.42 Å². The Kier molecular flexibility index (Phi) is 4.53. The molecule has 1 aromatic carbocycles. The Bertz CT molecular complexity index is 624. The predicted molar refractivity (Wildman–Crippen MR) is 82.0 cm³/mol. The Morgan fingerprint density at radius 3 is 2.95 bits per heavy atom. The van der Waals surface area contributed by atoms with Crippen molar-refractivity contribution in [3.05, 3.63) is 42.3 Å². The highest BCUT2D eigenvalue weighted by atomic mass is 16.3. The number of likely N-dealkylation sites (tertiary alicyclic amines) is 1. The molecule has 5 nitrogen and oxygen atoms in total. The Morgan fingerprint density at radius 1 is 1.36 bits per heavy atom. The van der Waals surface area contributed by atoms with E-state index in [0.717, 1.165) is 24.9 Å². The lowest BCUT2D eigenvalue weighted by molar-refractivity contribution is -0.132. The van der Waals surface area contributed by atoms with Crippen molar-refractivity contribution < 1.29 is 14.3 Å². The molecule has 3 rings (SSSR count). The lowest BCUT2D eigenvalue weighted by atomic mass is 9.99. The summed E-state index contributed by atoms with van der Waals surface area (Å²) in [4.78, 5) is 18.5. The van der Waals surface area contributed by atoms with Gasteiger partial charge >= 0.3 is 0 Å². The van der Waals surface area contributed by atoms with Crippen LogP contribution in [0, 0.1) is 5.92 Å². The van der Waals surface area contributed by atoms with E-state index in [2.05, 4.69) is 4.98 Å². The number of aromatic nitrogens is 1. The van der Waals surface area contributed by atoms with Crippen LogP contribution in [0.2, 0.25) is 0 Å². The summed E-state index contributed by atoms with van der Waals surface area (Å²) in [6, 6.07) is 9.63. The van der Waals surface area contributed by atoms with Crippen LogP contribution in [0.3, 0.4) is 0 Å². The molecule has 1 aliphatic heterocycles. The number of hydrogen-bond donors (Lipinski definition) is 1. The molecule has 1 atom stereocenters. The van der Waals surface area contributed by atoms with Gasteiger partial charge in [0.25, 0.3) is 0 Å². The molecule has 1 saturated heterocycles. The summed E-state index contributed by atoms with van der Waals surface area (Å²) in [5.41, 5.74) is 1.55. The molecule has 1 aliphatic rings. The quantitative estimate of drug-likeness (QED) is 0.939. The van der Waals surface area contributed by atoms with Gasteiger partial charge in [0, 0.05) is 25.3 Å². The molecule has 1 aromatic heterocycles. The van der Waals surface area contributed by atoms with E-state index < -0.39 is 0 Å². The summed E-state index contributed by atoms with van der Waals surface area (Å²) < 4.78 is 5.46. The fourth-order valence-electron chi connectivity index (χ4n) is 2.81. The number of benzene rings is 1. The summed E-state index contributed by atoms with van der Waals surface area (Å²) >= 11 is 0. The minimum absolute atomic E-state index is 0.0473. The monoisotopic (exact) mass is 300 g/mol. The number of hydrogen-bond acceptors (Lipinski definition) is 4. The van der Waals surface area contributed by atoms with Crippen LogP contribution in [0.4, 0.5) is 0 Å². The number of rotatable bonds is 4. The number of oxazole rings is 1. The first-order chi connectivity index (χ1) is 10.8. The molecule has 1 fully saturated rings. The van der Waals surface area contributed by atoms with E-state index in [1.807, 2.05) is 35.2 Å². The zero-order valence-electron chi connectivity index (χ0n) is 12.4. The van der Waals surface area contributed by atoms with Gasteiger partial charge in [0.15, 0.2) is 0 Å². The molecular formula is C17H20N2O3. The Morgan fingerprint density at radius 2 is 2.18 bits per heavy atom. The average molecular weight is 300 g/mol. The highest BCUT2D eigenvalue weighted by Crippen LogP contribution is 2.20. The maximum Gasteiger partial charge on any atom is 0.228 e. The van der Waals surface area contributed by atoms with Crippen molar-refractivity contribution in [1.82, 2.24) is 9.88 Å². The first kappa shape index (κ1) is 14.8. The fourth-order valence-corrected chi connectivity index (χ4v) is 2.81. The molecule has 2 heterocycles. The smallest absolute Gasteiger partial charge is 0.228 e. The molecule has 0 saturated carbocycles. The van der Waals surface area contributed by atoms with Gasteiger partial charge in [0.1, 0.15) is 6.26 Å². The average Bonchev–Trinajstić information content (AvgIpc) is 3.04. The van der Waals surface area contributed by atoms with Gasteiger partial charge in [-0.1, -0.05) is 18.2 Å². The molecule has 1 unspecified atom stereocenters. The molecule has 2 aromatic rings. The van der Waals surface area contributed by atoms with Crippen molar-refractivity contribution >= 4 is 5.91 Å². The third-order valence-corrected chi connectivity index (χ3v) is 4.03. The number of carbonyl (C=O) groups excluding carboxylic acids is 1. The van der Waals surface area contributed by atoms with Gasteiger partial charge in [-0.25, -0.2) is 4.98 Å². The van der Waals surface area contributed by atoms with Gasteiger partial charge in [-0.3, -0.25) is 4.79 Å². The van der Waals surface area contributed by atoms with E-state index in [-0.39, 0.29) is 24.9 Å². The van der Waals surface area contributed by atoms with Gasteiger partial charge in [-0.2, -0.15) is 0 Å². The molecule has 116 valence electrons. The van der Waals surface area contributed by atoms with E-state index >= 15 is 0 Å². The van der Waals surface area contributed by atoms with Gasteiger partial charge in [0.2, 0.25) is 11.8 Å². The van der Waals surface area contributed by atoms with Crippen LogP contribution in [-0.4, -0.2) is 40.6 Å². The zero-order chi connectivity index (χ0) is 15.4. The first-order valence-electron chi connectivity index (χ1n) is 7.64. The molecule has 0 spiro atoms. The van der Waals surface area contributed by atoms with E-state index in [0.29, 0.717) is 18.1 Å². The first-order valence-corrected chi connectivity index (χ1v) is 7.64. The molecular weight excluding hydrogens is 280 g/mol. The summed E-state index contributed by atoms with van der Waals surface area (Å²) in [5.74, 6) is 0.788. The maximum absolute atomic E-state index is 12.3. The van der Waals surface area contributed by atoms with Crippen molar-refractivity contribution in [2.45, 2.75) is 19.3 Å². The van der Waals surface area contributed by atoms with Crippen LogP contribution in [0.25, 0.3) is 11.5 Å². The van der Waals surface area contributed by atoms with Crippen LogP contribution < -0.4 is 0 Å². The largest absolute Gasteiger partial charge is 0.444 e. The van der Waals surface area contributed by atoms with Crippen molar-refractivity contribution in [3.8, 4) is 11.5 Å². The predicted octanol–water partition coefficient (Wildman–Crippen LogP) is 2.11. The van der Waals surface area contributed by atoms with Crippen LogP contribution in [0.15, 0.2) is 41.0 Å². The van der Waals surface area contributed by atoms with Crippen molar-refractivity contribution in [2.24, 2.45) is 5.92 Å². The Labute approximate surface area is 129 Å². The third kappa shape index (κ3) is 3.36. The lowest BCUT2D eigenvalue weighted by Crippen LogP contribution is -2.41. The van der Waals surface area contributed by atoms with Gasteiger partial charge in [-0.15, -0.1) is 0 Å². The summed E-state index contributed by atoms with van der Waals surface area (Å²) in [7, 11) is 0. The van der Waals surface area contributed by atoms with Crippen LogP contribution in [0.1, 0.15) is 18.5 Å². The number of aliphatic hydroxyl groups excluding tert-OH is 1. The molecule has 1 amide bonds. The number of piperidine rings is 1. The topological polar surface area (TPSA) is 66.6 Å². The molecule has 0 bridgehead atoms. The van der Waals surface area contributed by atoms with Crippen LogP contribution in [0.5, 0.6) is 0 Å². The van der Waals surface area contributed by atoms with E-state index in [9.17, 15) is 9.90 Å². The lowest BCUT2D eigenvalue weighted by Gasteiger charge is -2.31. The SMILES string of the molecule is O=C(Cc1coc(-c2ccccc2)n1)N1CCCC(CO)C1. The molecule has 22 heavy (non-hydrogen) atoms. The minimum Gasteiger partial charge on any atom is -0.444 e. The second-order valence-electron chi connectivity index (χ2n) is 5.72. The van der Waals surface area contributed by atoms with Gasteiger partial charge in [0.05, 0.1) is 12.1 Å². The van der Waals surface area contributed by atoms with Crippen LogP contribution in [-0.2, 0) is 11.2 Å². The fraction of sp³-hybridized carbons (Fsp3) is 0.412. The van der Waals surface area contributed by atoms with Gasteiger partial charge < -0.3 is 14.4 Å². The number of aliphatic hydroxyl groups is 1. The maximum atomic E-state index is 12.3. The van der Waals surface area contributed by atoms with Crippen molar-refractivity contribution in [1.29, 1.82) is 0 Å². The summed E-state index contributed by atoms with van der Waals surface area (Å²) in [6.07, 6.45) is 3.73. The Balaban J connectivity index is 1.64. The minimum atomic E-state index is 0.0473. The highest BCUT2D eigenvalue weighted by molar-refractivity contribution is 5.78. The van der Waals surface area contributed by atoms with Crippen molar-refractivity contribution in [3.63, 3.8) is 0 Å². The normalized spacial score (nSPS) is 18.4. The Hall–Kier alpha value is -2.14. The van der Waals surface area contributed by atoms with Crippen molar-refractivity contribution in [2.75, 3.05) is 19.7 Å². The summed E-state index contributed by atoms with van der Waals surface area (Å²) in [6.45, 7) is 1.54. The molecule has 1 N–H and O–H groups in total. The van der Waals surface area contributed by atoms with Crippen LogP contribution >= 0.6 is 0 Å². The number of nitrogens with zero attached hydrogens (tertiary/aromatic N) is 2. The second-order valence-corrected chi connectivity index (χ2v) is 5.72. The molecule has 5 heteroatoms. The molecule has 0 radical (unpaired) electrons. The van der Waals surface area contributed by atoms with E-state index in [1.165, 1.54) is 0 Å². The number of carbonyl (C=O) groups is 1. The zero-order valence-corrected chi connectivity index (χ0v) is 12.4. The third-order valence-electron chi connectivity index (χ3n) is 4.03. The highest BCUT2D eigenvalue weighted by Gasteiger charge is 2.23. The van der Waals surface area contributed by atoms with Gasteiger partial charge in [-0.05, 0) is 30.9 Å². The second kappa shape index (κ2) is 6.75. The summed E-state index contributed by atoms with van der Waals surface area (Å²) in [5, 5.41) is 9.24. The standard InChI is InChI=1S/C17H20N2O3/c20-11-13-5-4-8-19(10-13)16(21)9-15-12-22-17(18-15)14-6-2-1-3-7-14/h1-3,6-7,12-13,20H,4-5,8-11H2.